The van der Waals surface area contributed by atoms with Gasteiger partial charge in [0.1, 0.15) is 10.0 Å². The molecule has 0 bridgehead atoms. The van der Waals surface area contributed by atoms with Crippen molar-refractivity contribution in [3.63, 3.8) is 0 Å². The van der Waals surface area contributed by atoms with E-state index in [9.17, 15) is 12.8 Å². The first kappa shape index (κ1) is 17.3. The number of aromatic nitrogens is 1. The van der Waals surface area contributed by atoms with Crippen LogP contribution in [0.4, 0.5) is 4.39 Å². The Hall–Kier alpha value is -1.55. The topological polar surface area (TPSA) is 60.7 Å². The number of thiophene rings is 1. The van der Waals surface area contributed by atoms with Crippen molar-refractivity contribution < 1.29 is 17.5 Å². The summed E-state index contributed by atoms with van der Waals surface area (Å²) >= 11 is 2.25. The van der Waals surface area contributed by atoms with Crippen LogP contribution in [0.2, 0.25) is 0 Å². The van der Waals surface area contributed by atoms with E-state index in [1.807, 2.05) is 6.92 Å². The third-order valence-corrected chi connectivity index (χ3v) is 7.06. The largest absolute Gasteiger partial charge is 0.380 e. The van der Waals surface area contributed by atoms with Gasteiger partial charge in [0.25, 0.3) is 10.0 Å². The molecule has 0 saturated heterocycles. The van der Waals surface area contributed by atoms with Crippen LogP contribution >= 0.6 is 22.7 Å². The minimum atomic E-state index is -3.81. The maximum Gasteiger partial charge on any atom is 0.294 e. The lowest BCUT2D eigenvalue weighted by molar-refractivity contribution is 0.139. The molecule has 3 rings (SSSR count). The lowest BCUT2D eigenvalue weighted by atomic mass is 10.3. The molecule has 2 aromatic heterocycles. The zero-order chi connectivity index (χ0) is 17.2. The Morgan fingerprint density at radius 3 is 2.83 bits per heavy atom. The van der Waals surface area contributed by atoms with Gasteiger partial charge >= 0.3 is 0 Å². The molecule has 9 heteroatoms. The summed E-state index contributed by atoms with van der Waals surface area (Å²) in [5.74, 6) is -0.407. The molecule has 0 aliphatic rings. The van der Waals surface area contributed by atoms with Gasteiger partial charge in [-0.1, -0.05) is 23.5 Å². The predicted molar refractivity (Wildman–Crippen MR) is 93.3 cm³/mol. The van der Waals surface area contributed by atoms with Crippen LogP contribution in [-0.2, 0) is 21.3 Å². The van der Waals surface area contributed by atoms with Gasteiger partial charge in [-0.15, -0.1) is 15.7 Å². The third-order valence-electron chi connectivity index (χ3n) is 3.26. The van der Waals surface area contributed by atoms with Crippen molar-refractivity contribution in [2.75, 3.05) is 13.2 Å². The second kappa shape index (κ2) is 7.14. The fourth-order valence-corrected chi connectivity index (χ4v) is 5.46. The van der Waals surface area contributed by atoms with Gasteiger partial charge in [-0.3, -0.25) is 0 Å². The molecule has 2 heterocycles. The maximum atomic E-state index is 14.2. The molecule has 0 aliphatic heterocycles. The van der Waals surface area contributed by atoms with Crippen molar-refractivity contribution >= 4 is 42.9 Å². The minimum Gasteiger partial charge on any atom is -0.380 e. The molecule has 0 atom stereocenters. The molecule has 0 saturated carbocycles. The first-order valence-corrected chi connectivity index (χ1v) is 10.4. The quantitative estimate of drug-likeness (QED) is 0.611. The van der Waals surface area contributed by atoms with Crippen LogP contribution in [0.15, 0.2) is 44.3 Å². The highest BCUT2D eigenvalue weighted by molar-refractivity contribution is 7.92. The van der Waals surface area contributed by atoms with Gasteiger partial charge in [-0.2, -0.15) is 8.42 Å². The molecule has 1 aromatic carbocycles. The summed E-state index contributed by atoms with van der Waals surface area (Å²) in [5.41, 5.74) is 0.349. The smallest absolute Gasteiger partial charge is 0.294 e. The van der Waals surface area contributed by atoms with Crippen LogP contribution in [-0.4, -0.2) is 26.2 Å². The fourth-order valence-electron chi connectivity index (χ4n) is 2.22. The van der Waals surface area contributed by atoms with E-state index in [-0.39, 0.29) is 9.01 Å². The molecule has 0 fully saturated rings. The van der Waals surface area contributed by atoms with Crippen molar-refractivity contribution in [1.29, 1.82) is 0 Å². The van der Waals surface area contributed by atoms with Crippen LogP contribution in [0.3, 0.4) is 0 Å². The van der Waals surface area contributed by atoms with E-state index >= 15 is 0 Å². The number of hydrogen-bond donors (Lipinski definition) is 0. The Morgan fingerprint density at radius 2 is 2.12 bits per heavy atom. The summed E-state index contributed by atoms with van der Waals surface area (Å²) in [6.07, 6.45) is 0. The highest BCUT2D eigenvalue weighted by Gasteiger charge is 2.17. The maximum absolute atomic E-state index is 14.2. The number of nitrogens with zero attached hydrogens (tertiary/aromatic N) is 2. The van der Waals surface area contributed by atoms with Crippen LogP contribution in [0.5, 0.6) is 0 Å². The zero-order valence-corrected chi connectivity index (χ0v) is 15.3. The Kier molecular flexibility index (Phi) is 5.14. The van der Waals surface area contributed by atoms with Gasteiger partial charge in [0.15, 0.2) is 0 Å². The summed E-state index contributed by atoms with van der Waals surface area (Å²) in [4.78, 5) is 0.239. The number of fused-ring (bicyclic) bond motifs is 1. The van der Waals surface area contributed by atoms with E-state index in [4.69, 9.17) is 4.74 Å². The number of para-hydroxylation sites is 1. The number of rotatable bonds is 6. The van der Waals surface area contributed by atoms with Gasteiger partial charge in [-0.25, -0.2) is 4.39 Å². The molecule has 5 nitrogen and oxygen atoms in total. The predicted octanol–water partition coefficient (Wildman–Crippen LogP) is 3.23. The van der Waals surface area contributed by atoms with E-state index in [1.165, 1.54) is 12.1 Å². The van der Waals surface area contributed by atoms with Crippen LogP contribution in [0.25, 0.3) is 10.2 Å². The Balaban J connectivity index is 2.18. The number of thiazole rings is 1. The van der Waals surface area contributed by atoms with Crippen molar-refractivity contribution in [1.82, 2.24) is 4.57 Å². The standard InChI is InChI=1S/C15H15FN2O3S3/c1-2-21-9-8-18-14-11(16)5-3-6-12(14)23-15(18)17-24(19,20)13-7-4-10-22-13/h3-7,10H,2,8-9H2,1H3. The van der Waals surface area contributed by atoms with Crippen LogP contribution < -0.4 is 4.80 Å². The molecule has 0 radical (unpaired) electrons. The second-order valence-electron chi connectivity index (χ2n) is 4.82. The molecular weight excluding hydrogens is 371 g/mol. The van der Waals surface area contributed by atoms with Crippen molar-refractivity contribution in [3.8, 4) is 0 Å². The minimum absolute atomic E-state index is 0.164. The lowest BCUT2D eigenvalue weighted by Gasteiger charge is -2.06. The second-order valence-corrected chi connectivity index (χ2v) is 8.61. The Labute approximate surface area is 146 Å². The Morgan fingerprint density at radius 1 is 1.29 bits per heavy atom. The third kappa shape index (κ3) is 3.44. The molecule has 128 valence electrons. The number of benzene rings is 1. The molecular formula is C15H15FN2O3S3. The molecule has 0 amide bonds. The van der Waals surface area contributed by atoms with Crippen molar-refractivity contribution in [3.05, 3.63) is 46.3 Å². The SMILES string of the molecule is CCOCCn1c(=NS(=O)(=O)c2cccs2)sc2cccc(F)c21. The fraction of sp³-hybridized carbons (Fsp3) is 0.267. The Bertz CT molecular complexity index is 1000. The summed E-state index contributed by atoms with van der Waals surface area (Å²) in [7, 11) is -3.81. The highest BCUT2D eigenvalue weighted by Crippen LogP contribution is 2.22. The average molecular weight is 386 g/mol. The molecule has 24 heavy (non-hydrogen) atoms. The number of hydrogen-bond acceptors (Lipinski definition) is 5. The van der Waals surface area contributed by atoms with Crippen LogP contribution in [0, 0.1) is 5.82 Å². The van der Waals surface area contributed by atoms with Gasteiger partial charge in [0.05, 0.1) is 16.8 Å². The van der Waals surface area contributed by atoms with Gasteiger partial charge < -0.3 is 9.30 Å². The lowest BCUT2D eigenvalue weighted by Crippen LogP contribution is -2.20. The van der Waals surface area contributed by atoms with Gasteiger partial charge in [0, 0.05) is 13.2 Å². The average Bonchev–Trinajstić information content (AvgIpc) is 3.17. The normalized spacial score (nSPS) is 13.0. The summed E-state index contributed by atoms with van der Waals surface area (Å²) in [6, 6.07) is 7.85. The summed E-state index contributed by atoms with van der Waals surface area (Å²) in [5, 5.41) is 1.68. The summed E-state index contributed by atoms with van der Waals surface area (Å²) < 4.78 is 50.7. The molecule has 0 aliphatic carbocycles. The molecule has 3 aromatic rings. The van der Waals surface area contributed by atoms with Crippen LogP contribution in [0.1, 0.15) is 6.92 Å². The molecule has 0 unspecified atom stereocenters. The van der Waals surface area contributed by atoms with Gasteiger partial charge in [-0.05, 0) is 30.5 Å². The van der Waals surface area contributed by atoms with E-state index in [0.717, 1.165) is 22.7 Å². The number of sulfonamides is 1. The van der Waals surface area contributed by atoms with Crippen molar-refractivity contribution in [2.24, 2.45) is 4.40 Å². The van der Waals surface area contributed by atoms with E-state index in [1.54, 1.807) is 28.1 Å². The number of halogens is 1. The number of ether oxygens (including phenoxy) is 1. The molecule has 0 N–H and O–H groups in total. The van der Waals surface area contributed by atoms with E-state index < -0.39 is 15.8 Å². The van der Waals surface area contributed by atoms with E-state index in [0.29, 0.717) is 30.0 Å². The first-order chi connectivity index (χ1) is 11.5. The zero-order valence-electron chi connectivity index (χ0n) is 12.8. The van der Waals surface area contributed by atoms with E-state index in [2.05, 4.69) is 4.40 Å². The monoisotopic (exact) mass is 386 g/mol. The summed E-state index contributed by atoms with van der Waals surface area (Å²) in [6.45, 7) is 3.07. The first-order valence-electron chi connectivity index (χ1n) is 7.23. The highest BCUT2D eigenvalue weighted by atomic mass is 32.2. The molecule has 0 spiro atoms. The van der Waals surface area contributed by atoms with Crippen molar-refractivity contribution in [2.45, 2.75) is 17.7 Å². The van der Waals surface area contributed by atoms with Gasteiger partial charge in [0.2, 0.25) is 4.80 Å².